The Balaban J connectivity index is 2.04. The molecule has 1 aromatic heterocycles. The number of rotatable bonds is 3. The second-order valence-corrected chi connectivity index (χ2v) is 4.87. The summed E-state index contributed by atoms with van der Waals surface area (Å²) in [4.78, 5) is 0. The molecule has 1 fully saturated rings. The molecule has 1 unspecified atom stereocenters. The third-order valence-electron chi connectivity index (χ3n) is 2.78. The molecule has 9 heteroatoms. The quantitative estimate of drug-likeness (QED) is 0.359. The largest absolute Gasteiger partial charge is 0.388 e. The molecule has 8 nitrogen and oxygen atoms in total. The van der Waals surface area contributed by atoms with Crippen LogP contribution >= 0.6 is 22.6 Å². The fraction of sp³-hybridized carbons (Fsp3) is 0.778. The molecule has 2 heterocycles. The zero-order chi connectivity index (χ0) is 13.3. The van der Waals surface area contributed by atoms with Crippen LogP contribution < -0.4 is 0 Å². The summed E-state index contributed by atoms with van der Waals surface area (Å²) < 4.78 is 7.19. The summed E-state index contributed by atoms with van der Waals surface area (Å²) in [5, 5.41) is 45.7. The Morgan fingerprint density at radius 3 is 2.56 bits per heavy atom. The van der Waals surface area contributed by atoms with Gasteiger partial charge in [-0.3, -0.25) is 0 Å². The molecule has 0 amide bonds. The van der Waals surface area contributed by atoms with Gasteiger partial charge in [0.1, 0.15) is 24.4 Å². The van der Waals surface area contributed by atoms with Crippen LogP contribution in [0.5, 0.6) is 0 Å². The predicted molar refractivity (Wildman–Crippen MR) is 66.6 cm³/mol. The van der Waals surface area contributed by atoms with Gasteiger partial charge in [-0.05, 0) is 0 Å². The monoisotopic (exact) mass is 371 g/mol. The Morgan fingerprint density at radius 1 is 1.22 bits per heavy atom. The van der Waals surface area contributed by atoms with Crippen molar-refractivity contribution in [2.24, 2.45) is 0 Å². The van der Waals surface area contributed by atoms with Crippen molar-refractivity contribution in [3.8, 4) is 0 Å². The van der Waals surface area contributed by atoms with Gasteiger partial charge in [0.25, 0.3) is 0 Å². The van der Waals surface area contributed by atoms with Gasteiger partial charge in [-0.15, -0.1) is 5.10 Å². The summed E-state index contributed by atoms with van der Waals surface area (Å²) in [6.45, 7) is 0.131. The van der Waals surface area contributed by atoms with Gasteiger partial charge in [-0.1, -0.05) is 27.8 Å². The highest BCUT2D eigenvalue weighted by molar-refractivity contribution is 14.1. The standard InChI is InChI=1S/C9H14IN3O5/c10-1-4-2-13(12-11-4)3-5-6(14)7(15)8(16)9(17)18-5/h2,5-9,14-17H,1,3H2/t5-,6-,7+,8-,9?/m1/s1. The van der Waals surface area contributed by atoms with E-state index in [1.807, 2.05) is 0 Å². The second-order valence-electron chi connectivity index (χ2n) is 4.10. The molecule has 4 N–H and O–H groups in total. The van der Waals surface area contributed by atoms with Gasteiger partial charge < -0.3 is 25.2 Å². The van der Waals surface area contributed by atoms with E-state index in [1.165, 1.54) is 4.68 Å². The first kappa shape index (κ1) is 14.1. The number of alkyl halides is 1. The average Bonchev–Trinajstić information content (AvgIpc) is 2.81. The maximum absolute atomic E-state index is 9.74. The zero-order valence-electron chi connectivity index (χ0n) is 9.30. The number of ether oxygens (including phenoxy) is 1. The van der Waals surface area contributed by atoms with Gasteiger partial charge in [0.15, 0.2) is 6.29 Å². The molecular formula is C9H14IN3O5. The molecule has 102 valence electrons. The Kier molecular flexibility index (Phi) is 4.50. The topological polar surface area (TPSA) is 121 Å². The van der Waals surface area contributed by atoms with E-state index in [-0.39, 0.29) is 6.54 Å². The molecule has 1 aliphatic heterocycles. The van der Waals surface area contributed by atoms with E-state index in [0.717, 1.165) is 5.69 Å². The Labute approximate surface area is 116 Å². The van der Waals surface area contributed by atoms with Crippen LogP contribution in [0.4, 0.5) is 0 Å². The van der Waals surface area contributed by atoms with Crippen molar-refractivity contribution < 1.29 is 25.2 Å². The van der Waals surface area contributed by atoms with Crippen LogP contribution in [0.15, 0.2) is 6.20 Å². The van der Waals surface area contributed by atoms with Crippen molar-refractivity contribution in [1.29, 1.82) is 0 Å². The number of aliphatic hydroxyl groups is 4. The number of nitrogens with zero attached hydrogens (tertiary/aromatic N) is 3. The molecule has 0 aliphatic carbocycles. The molecule has 5 atom stereocenters. The SMILES string of the molecule is OC1O[C@H](Cn2cc(CI)nn2)[C@@H](O)[C@H](O)[C@H]1O. The molecule has 0 spiro atoms. The van der Waals surface area contributed by atoms with Gasteiger partial charge in [0.05, 0.1) is 12.2 Å². The lowest BCUT2D eigenvalue weighted by Gasteiger charge is -2.38. The van der Waals surface area contributed by atoms with Gasteiger partial charge in [0.2, 0.25) is 0 Å². The molecule has 0 saturated carbocycles. The number of aliphatic hydroxyl groups excluding tert-OH is 4. The maximum atomic E-state index is 9.74. The van der Waals surface area contributed by atoms with E-state index < -0.39 is 30.7 Å². The number of hydrogen-bond donors (Lipinski definition) is 4. The normalized spacial score (nSPS) is 36.8. The molecule has 1 saturated heterocycles. The van der Waals surface area contributed by atoms with Crippen LogP contribution in [-0.2, 0) is 15.7 Å². The molecule has 0 bridgehead atoms. The van der Waals surface area contributed by atoms with Crippen molar-refractivity contribution in [3.63, 3.8) is 0 Å². The van der Waals surface area contributed by atoms with E-state index >= 15 is 0 Å². The van der Waals surface area contributed by atoms with Gasteiger partial charge in [-0.2, -0.15) is 0 Å². The van der Waals surface area contributed by atoms with Gasteiger partial charge in [-0.25, -0.2) is 4.68 Å². The molecular weight excluding hydrogens is 357 g/mol. The summed E-state index contributed by atoms with van der Waals surface area (Å²) in [6, 6.07) is 0. The highest BCUT2D eigenvalue weighted by Crippen LogP contribution is 2.20. The van der Waals surface area contributed by atoms with E-state index in [2.05, 4.69) is 32.9 Å². The van der Waals surface area contributed by atoms with Crippen molar-refractivity contribution in [1.82, 2.24) is 15.0 Å². The Hall–Kier alpha value is -0.330. The summed E-state index contributed by atoms with van der Waals surface area (Å²) in [5.41, 5.74) is 0.780. The molecule has 2 rings (SSSR count). The minimum absolute atomic E-state index is 0.131. The second kappa shape index (κ2) is 5.75. The molecule has 18 heavy (non-hydrogen) atoms. The van der Waals surface area contributed by atoms with Crippen LogP contribution in [0, 0.1) is 0 Å². The number of hydrogen-bond acceptors (Lipinski definition) is 7. The number of aromatic nitrogens is 3. The smallest absolute Gasteiger partial charge is 0.184 e. The summed E-state index contributed by atoms with van der Waals surface area (Å²) in [7, 11) is 0. The third kappa shape index (κ3) is 2.81. The number of halogens is 1. The Bertz CT molecular complexity index is 403. The van der Waals surface area contributed by atoms with E-state index in [4.69, 9.17) is 4.74 Å². The van der Waals surface area contributed by atoms with Crippen molar-refractivity contribution >= 4 is 22.6 Å². The van der Waals surface area contributed by atoms with Crippen molar-refractivity contribution in [3.05, 3.63) is 11.9 Å². The average molecular weight is 371 g/mol. The van der Waals surface area contributed by atoms with Crippen LogP contribution in [0.2, 0.25) is 0 Å². The third-order valence-corrected chi connectivity index (χ3v) is 3.56. The zero-order valence-corrected chi connectivity index (χ0v) is 11.5. The van der Waals surface area contributed by atoms with Crippen LogP contribution in [0.25, 0.3) is 0 Å². The summed E-state index contributed by atoms with van der Waals surface area (Å²) >= 11 is 2.14. The summed E-state index contributed by atoms with van der Waals surface area (Å²) in [5.74, 6) is 0. The lowest BCUT2D eigenvalue weighted by Crippen LogP contribution is -2.58. The lowest BCUT2D eigenvalue weighted by molar-refractivity contribution is -0.284. The van der Waals surface area contributed by atoms with E-state index in [1.54, 1.807) is 6.20 Å². The van der Waals surface area contributed by atoms with Gasteiger partial charge in [0, 0.05) is 10.6 Å². The fourth-order valence-corrected chi connectivity index (χ4v) is 2.10. The summed E-state index contributed by atoms with van der Waals surface area (Å²) in [6.07, 6.45) is -4.96. The van der Waals surface area contributed by atoms with Crippen LogP contribution in [-0.4, -0.2) is 66.1 Å². The van der Waals surface area contributed by atoms with Crippen molar-refractivity contribution in [2.45, 2.75) is 41.7 Å². The van der Waals surface area contributed by atoms with Crippen molar-refractivity contribution in [2.75, 3.05) is 0 Å². The lowest BCUT2D eigenvalue weighted by atomic mass is 9.99. The van der Waals surface area contributed by atoms with E-state index in [9.17, 15) is 20.4 Å². The molecule has 1 aliphatic rings. The predicted octanol–water partition coefficient (Wildman–Crippen LogP) is -1.99. The minimum atomic E-state index is -1.53. The molecule has 0 radical (unpaired) electrons. The first-order valence-corrected chi connectivity index (χ1v) is 6.88. The first-order valence-electron chi connectivity index (χ1n) is 5.35. The van der Waals surface area contributed by atoms with Gasteiger partial charge >= 0.3 is 0 Å². The molecule has 0 aromatic carbocycles. The minimum Gasteiger partial charge on any atom is -0.388 e. The highest BCUT2D eigenvalue weighted by Gasteiger charge is 2.43. The van der Waals surface area contributed by atoms with Crippen LogP contribution in [0.3, 0.4) is 0 Å². The fourth-order valence-electron chi connectivity index (χ4n) is 1.76. The maximum Gasteiger partial charge on any atom is 0.184 e. The highest BCUT2D eigenvalue weighted by atomic mass is 127. The van der Waals surface area contributed by atoms with E-state index in [0.29, 0.717) is 4.43 Å². The first-order chi connectivity index (χ1) is 8.52. The Morgan fingerprint density at radius 2 is 1.94 bits per heavy atom. The van der Waals surface area contributed by atoms with Crippen LogP contribution in [0.1, 0.15) is 5.69 Å². The molecule has 1 aromatic rings.